The van der Waals surface area contributed by atoms with Crippen LogP contribution in [0.5, 0.6) is 0 Å². The van der Waals surface area contributed by atoms with Gasteiger partial charge in [-0.05, 0) is 33.8 Å². The van der Waals surface area contributed by atoms with Crippen molar-refractivity contribution < 1.29 is 49.5 Å². The molecule has 1 unspecified atom stereocenters. The predicted octanol–water partition coefficient (Wildman–Crippen LogP) is 1.43. The Morgan fingerprint density at radius 2 is 1.71 bits per heavy atom. The summed E-state index contributed by atoms with van der Waals surface area (Å²) in [4.78, 5) is 0. The molecule has 6 rings (SSSR count). The Hall–Kier alpha value is -0.750. The van der Waals surface area contributed by atoms with Crippen molar-refractivity contribution in [2.24, 2.45) is 0 Å². The number of halogens is 2. The first-order valence-corrected chi connectivity index (χ1v) is 15.7. The summed E-state index contributed by atoms with van der Waals surface area (Å²) < 4.78 is 0.644. The van der Waals surface area contributed by atoms with Crippen molar-refractivity contribution in [2.45, 2.75) is 30.1 Å². The van der Waals surface area contributed by atoms with E-state index in [2.05, 4.69) is 92.9 Å². The molecule has 2 aliphatic carbocycles. The monoisotopic (exact) mass is 555 g/mol. The topological polar surface area (TPSA) is 0 Å². The van der Waals surface area contributed by atoms with Crippen molar-refractivity contribution in [1.29, 1.82) is 0 Å². The molecule has 0 saturated carbocycles. The van der Waals surface area contributed by atoms with Crippen LogP contribution in [-0.4, -0.2) is 13.4 Å². The summed E-state index contributed by atoms with van der Waals surface area (Å²) >= 11 is 1.57. The van der Waals surface area contributed by atoms with Gasteiger partial charge in [-0.3, -0.25) is 0 Å². The van der Waals surface area contributed by atoms with Gasteiger partial charge < -0.3 is 24.8 Å². The van der Waals surface area contributed by atoms with Gasteiger partial charge in [-0.15, -0.1) is 0 Å². The summed E-state index contributed by atoms with van der Waals surface area (Å²) in [5, 5.41) is 6.82. The molecule has 0 spiro atoms. The fourth-order valence-corrected chi connectivity index (χ4v) is 11.4. The summed E-state index contributed by atoms with van der Waals surface area (Å²) in [6.07, 6.45) is 10.6. The summed E-state index contributed by atoms with van der Waals surface area (Å²) in [5.41, 5.74) is 7.23. The minimum atomic E-state index is -1.11. The Morgan fingerprint density at radius 3 is 2.42 bits per heavy atom. The van der Waals surface area contributed by atoms with Crippen molar-refractivity contribution in [2.75, 3.05) is 0 Å². The zero-order valence-corrected chi connectivity index (χ0v) is 23.8. The molecule has 0 fully saturated rings. The molecule has 4 aliphatic rings. The van der Waals surface area contributed by atoms with E-state index in [0.29, 0.717) is 3.63 Å². The molecule has 2 heterocycles. The van der Waals surface area contributed by atoms with Gasteiger partial charge in [-0.2, -0.15) is 0 Å². The van der Waals surface area contributed by atoms with E-state index in [-0.39, 0.29) is 24.8 Å². The average molecular weight is 558 g/mol. The van der Waals surface area contributed by atoms with Crippen LogP contribution in [0, 0.1) is 0 Å². The molecule has 31 heavy (non-hydrogen) atoms. The van der Waals surface area contributed by atoms with E-state index in [1.807, 2.05) is 0 Å². The number of hydrogen-bond acceptors (Lipinski definition) is 0. The van der Waals surface area contributed by atoms with Gasteiger partial charge in [-0.25, -0.2) is 0 Å². The molecule has 0 nitrogen and oxygen atoms in total. The second-order valence-electron chi connectivity index (χ2n) is 8.43. The molecule has 0 radical (unpaired) electrons. The molecule has 0 aromatic heterocycles. The summed E-state index contributed by atoms with van der Waals surface area (Å²) in [6.45, 7) is 7.28. The molecule has 0 bridgehead atoms. The molecular weight excluding hydrogens is 533 g/mol. The standard InChI is InChI=1S/C15H11.C11H13PSi.2ClH.Zr/c1-2-6-12(7-3-1)14-10-4-8-13-9-5-11-15(13)14;1-4-7-11-10-8(12-7)5-6-9(10)13(11,2)3;;;/h1-11H;5-6H,4H2,1-3H3;2*1H;/q;;;;+2/p-2. The van der Waals surface area contributed by atoms with E-state index >= 15 is 0 Å². The third kappa shape index (κ3) is 4.05. The van der Waals surface area contributed by atoms with Crippen molar-refractivity contribution in [1.82, 2.24) is 0 Å². The van der Waals surface area contributed by atoms with Crippen LogP contribution in [0.2, 0.25) is 13.1 Å². The van der Waals surface area contributed by atoms with Crippen LogP contribution in [0.3, 0.4) is 0 Å². The summed E-state index contributed by atoms with van der Waals surface area (Å²) in [5.74, 6) is 0. The zero-order chi connectivity index (χ0) is 20.2. The molecule has 0 N–H and O–H groups in total. The quantitative estimate of drug-likeness (QED) is 0.387. The first-order chi connectivity index (χ1) is 14.0. The van der Waals surface area contributed by atoms with Crippen LogP contribution in [0.1, 0.15) is 28.1 Å². The second-order valence-corrected chi connectivity index (χ2v) is 15.5. The molecule has 0 amide bonds. The van der Waals surface area contributed by atoms with Gasteiger partial charge in [0.25, 0.3) is 0 Å². The Balaban J connectivity index is 0.000000168. The predicted molar refractivity (Wildman–Crippen MR) is 127 cm³/mol. The van der Waals surface area contributed by atoms with Gasteiger partial charge in [0.2, 0.25) is 0 Å². The van der Waals surface area contributed by atoms with Crippen LogP contribution >= 0.6 is 8.20 Å². The van der Waals surface area contributed by atoms with Crippen molar-refractivity contribution in [3.8, 4) is 11.1 Å². The molecule has 155 valence electrons. The zero-order valence-electron chi connectivity index (χ0n) is 17.9. The van der Waals surface area contributed by atoms with E-state index in [9.17, 15) is 0 Å². The van der Waals surface area contributed by atoms with Crippen LogP contribution in [0.4, 0.5) is 0 Å². The molecule has 0 saturated heterocycles. The Labute approximate surface area is 216 Å². The maximum absolute atomic E-state index is 2.49. The SMILES string of the molecule is CCC1=PC2=CC=C3C2=C1[Si]3(C)C.[Cl-].[Cl-].[Zr+2][CH]1C=Cc2c(-c3ccccc3)cccc21. The molecule has 2 aliphatic heterocycles. The molecule has 2 aromatic carbocycles. The van der Waals surface area contributed by atoms with E-state index < -0.39 is 8.07 Å². The number of benzene rings is 2. The number of hydrogen-bond donors (Lipinski definition) is 0. The third-order valence-electron chi connectivity index (χ3n) is 6.38. The Morgan fingerprint density at radius 1 is 0.968 bits per heavy atom. The molecule has 5 heteroatoms. The van der Waals surface area contributed by atoms with Crippen LogP contribution in [-0.2, 0) is 24.7 Å². The van der Waals surface area contributed by atoms with Crippen molar-refractivity contribution in [3.05, 3.63) is 99.2 Å². The molecule has 1 atom stereocenters. The molecule has 2 aromatic rings. The second kappa shape index (κ2) is 9.62. The molecular formula is C26H24Cl2PSiZr. The van der Waals surface area contributed by atoms with Crippen LogP contribution in [0.15, 0.2) is 88.0 Å². The van der Waals surface area contributed by atoms with E-state index in [1.165, 1.54) is 36.9 Å². The summed E-state index contributed by atoms with van der Waals surface area (Å²) in [6, 6.07) is 17.3. The maximum atomic E-state index is 2.49. The van der Waals surface area contributed by atoms with Crippen molar-refractivity contribution in [3.63, 3.8) is 0 Å². The van der Waals surface area contributed by atoms with Gasteiger partial charge in [-0.1, -0.05) is 34.3 Å². The van der Waals surface area contributed by atoms with E-state index in [4.69, 9.17) is 0 Å². The van der Waals surface area contributed by atoms with Crippen molar-refractivity contribution >= 4 is 27.6 Å². The number of allylic oxidation sites excluding steroid dienone is 7. The van der Waals surface area contributed by atoms with E-state index in [0.717, 1.165) is 0 Å². The number of rotatable bonds is 2. The van der Waals surface area contributed by atoms with Gasteiger partial charge in [0.1, 0.15) is 8.07 Å². The average Bonchev–Trinajstić information content (AvgIpc) is 3.39. The summed E-state index contributed by atoms with van der Waals surface area (Å²) in [7, 11) is 0.406. The van der Waals surface area contributed by atoms with Gasteiger partial charge >= 0.3 is 111 Å². The van der Waals surface area contributed by atoms with Gasteiger partial charge in [0.05, 0.1) is 0 Å². The number of fused-ring (bicyclic) bond motifs is 1. The van der Waals surface area contributed by atoms with Crippen LogP contribution in [0.25, 0.3) is 17.2 Å². The first kappa shape index (κ1) is 24.9. The van der Waals surface area contributed by atoms with Crippen LogP contribution < -0.4 is 24.8 Å². The fraction of sp³-hybridized carbons (Fsp3) is 0.192. The van der Waals surface area contributed by atoms with E-state index in [1.54, 1.807) is 51.3 Å². The fourth-order valence-electron chi connectivity index (χ4n) is 4.90. The van der Waals surface area contributed by atoms with Gasteiger partial charge in [0.15, 0.2) is 0 Å². The Bertz CT molecular complexity index is 1170. The first-order valence-electron chi connectivity index (χ1n) is 10.4. The normalized spacial score (nSPS) is 20.7. The minimum absolute atomic E-state index is 0. The third-order valence-corrected chi connectivity index (χ3v) is 12.8. The van der Waals surface area contributed by atoms with Gasteiger partial charge in [0, 0.05) is 5.31 Å². The Kier molecular flexibility index (Phi) is 7.73.